The van der Waals surface area contributed by atoms with Gasteiger partial charge in [-0.15, -0.1) is 0 Å². The third kappa shape index (κ3) is 3.49. The van der Waals surface area contributed by atoms with Gasteiger partial charge in [0.25, 0.3) is 0 Å². The summed E-state index contributed by atoms with van der Waals surface area (Å²) in [5.41, 5.74) is -0.220. The largest absolute Gasteiger partial charge is 0.384 e. The van der Waals surface area contributed by atoms with Gasteiger partial charge >= 0.3 is 0 Å². The van der Waals surface area contributed by atoms with E-state index in [-0.39, 0.29) is 12.0 Å². The molecule has 0 unspecified atom stereocenters. The van der Waals surface area contributed by atoms with Gasteiger partial charge in [0.05, 0.1) is 0 Å². The van der Waals surface area contributed by atoms with Crippen LogP contribution < -0.4 is 0 Å². The minimum absolute atomic E-state index is 0.187. The third-order valence-corrected chi connectivity index (χ3v) is 1.14. The van der Waals surface area contributed by atoms with E-state index in [2.05, 4.69) is 11.8 Å². The lowest BCUT2D eigenvalue weighted by molar-refractivity contribution is 0.113. The van der Waals surface area contributed by atoms with Crippen LogP contribution >= 0.6 is 0 Å². The summed E-state index contributed by atoms with van der Waals surface area (Å²) in [6.45, 7) is 5.49. The first kappa shape index (κ1) is 9.48. The molecular formula is C8H14O2. The van der Waals surface area contributed by atoms with Crippen molar-refractivity contribution in [3.8, 4) is 11.8 Å². The molecule has 0 fully saturated rings. The van der Waals surface area contributed by atoms with Crippen LogP contribution in [0, 0.1) is 17.3 Å². The fourth-order valence-electron chi connectivity index (χ4n) is 0.359. The summed E-state index contributed by atoms with van der Waals surface area (Å²) in [4.78, 5) is 0. The van der Waals surface area contributed by atoms with Crippen molar-refractivity contribution in [1.29, 1.82) is 0 Å². The average Bonchev–Trinajstić information content (AvgIpc) is 1.80. The summed E-state index contributed by atoms with van der Waals surface area (Å²) >= 11 is 0. The molecule has 0 spiro atoms. The molecule has 0 rings (SSSR count). The summed E-state index contributed by atoms with van der Waals surface area (Å²) < 4.78 is 0. The maximum Gasteiger partial charge on any atom is 0.119 e. The number of aliphatic hydroxyl groups excluding tert-OH is 2. The summed E-state index contributed by atoms with van der Waals surface area (Å²) in [5.74, 6) is 4.94. The van der Waals surface area contributed by atoms with Gasteiger partial charge in [0, 0.05) is 0 Å². The van der Waals surface area contributed by atoms with E-state index in [1.807, 2.05) is 20.8 Å². The maximum atomic E-state index is 9.23. The van der Waals surface area contributed by atoms with Crippen LogP contribution in [0.25, 0.3) is 0 Å². The van der Waals surface area contributed by atoms with E-state index in [4.69, 9.17) is 5.11 Å². The Kier molecular flexibility index (Phi) is 3.41. The first-order chi connectivity index (χ1) is 4.48. The molecule has 0 aliphatic heterocycles. The van der Waals surface area contributed by atoms with Gasteiger partial charge in [0.15, 0.2) is 0 Å². The average molecular weight is 142 g/mol. The Bertz CT molecular complexity index is 145. The first-order valence-corrected chi connectivity index (χ1v) is 3.26. The van der Waals surface area contributed by atoms with Crippen molar-refractivity contribution in [2.24, 2.45) is 5.41 Å². The fraction of sp³-hybridized carbons (Fsp3) is 0.750. The van der Waals surface area contributed by atoms with Crippen LogP contribution in [0.3, 0.4) is 0 Å². The number of hydrogen-bond donors (Lipinski definition) is 2. The van der Waals surface area contributed by atoms with E-state index in [1.54, 1.807) is 0 Å². The second-order valence-corrected chi connectivity index (χ2v) is 3.25. The van der Waals surface area contributed by atoms with E-state index in [0.29, 0.717) is 0 Å². The van der Waals surface area contributed by atoms with Crippen LogP contribution in [0.2, 0.25) is 0 Å². The molecule has 0 amide bonds. The molecule has 58 valence electrons. The Morgan fingerprint density at radius 2 is 1.90 bits per heavy atom. The highest BCUT2D eigenvalue weighted by Gasteiger charge is 2.19. The summed E-state index contributed by atoms with van der Waals surface area (Å²) in [5, 5.41) is 17.5. The van der Waals surface area contributed by atoms with Crippen LogP contribution in [0.1, 0.15) is 20.8 Å². The molecule has 0 aromatic heterocycles. The van der Waals surface area contributed by atoms with Gasteiger partial charge in [0.1, 0.15) is 12.7 Å². The van der Waals surface area contributed by atoms with E-state index in [0.717, 1.165) is 0 Å². The topological polar surface area (TPSA) is 40.5 Å². The van der Waals surface area contributed by atoms with Gasteiger partial charge in [-0.3, -0.25) is 0 Å². The Morgan fingerprint density at radius 3 is 2.20 bits per heavy atom. The van der Waals surface area contributed by atoms with Crippen LogP contribution in [-0.4, -0.2) is 22.9 Å². The molecule has 10 heavy (non-hydrogen) atoms. The molecule has 0 aliphatic rings. The lowest BCUT2D eigenvalue weighted by atomic mass is 9.90. The number of aliphatic hydroxyl groups is 2. The van der Waals surface area contributed by atoms with Crippen molar-refractivity contribution >= 4 is 0 Å². The molecule has 2 N–H and O–H groups in total. The molecule has 0 heterocycles. The molecule has 0 aliphatic carbocycles. The van der Waals surface area contributed by atoms with Gasteiger partial charge in [-0.05, 0) is 5.41 Å². The lowest BCUT2D eigenvalue weighted by Gasteiger charge is -2.20. The minimum atomic E-state index is -0.653. The summed E-state index contributed by atoms with van der Waals surface area (Å²) in [6.07, 6.45) is -0.653. The smallest absolute Gasteiger partial charge is 0.119 e. The van der Waals surface area contributed by atoms with Crippen molar-refractivity contribution in [2.75, 3.05) is 6.61 Å². The van der Waals surface area contributed by atoms with E-state index in [9.17, 15) is 5.11 Å². The summed E-state index contributed by atoms with van der Waals surface area (Å²) in [7, 11) is 0. The van der Waals surface area contributed by atoms with Crippen molar-refractivity contribution in [3.63, 3.8) is 0 Å². The maximum absolute atomic E-state index is 9.23. The molecule has 2 heteroatoms. The van der Waals surface area contributed by atoms with Gasteiger partial charge in [-0.2, -0.15) is 0 Å². The second-order valence-electron chi connectivity index (χ2n) is 3.25. The van der Waals surface area contributed by atoms with Crippen LogP contribution in [-0.2, 0) is 0 Å². The Morgan fingerprint density at radius 1 is 1.40 bits per heavy atom. The number of hydrogen-bond acceptors (Lipinski definition) is 2. The van der Waals surface area contributed by atoms with Gasteiger partial charge in [-0.1, -0.05) is 32.6 Å². The molecule has 2 nitrogen and oxygen atoms in total. The van der Waals surface area contributed by atoms with Crippen molar-refractivity contribution < 1.29 is 10.2 Å². The predicted molar refractivity (Wildman–Crippen MR) is 40.3 cm³/mol. The fourth-order valence-corrected chi connectivity index (χ4v) is 0.359. The molecule has 0 bridgehead atoms. The van der Waals surface area contributed by atoms with Crippen molar-refractivity contribution in [1.82, 2.24) is 0 Å². The molecule has 0 aromatic rings. The highest BCUT2D eigenvalue weighted by Crippen LogP contribution is 2.17. The lowest BCUT2D eigenvalue weighted by Crippen LogP contribution is -2.24. The second kappa shape index (κ2) is 3.60. The van der Waals surface area contributed by atoms with Crippen LogP contribution in [0.5, 0.6) is 0 Å². The highest BCUT2D eigenvalue weighted by molar-refractivity contribution is 5.07. The molecule has 0 aromatic carbocycles. The molecule has 1 atom stereocenters. The quantitative estimate of drug-likeness (QED) is 0.480. The predicted octanol–water partition coefficient (Wildman–Crippen LogP) is 0.389. The van der Waals surface area contributed by atoms with Crippen LogP contribution in [0.4, 0.5) is 0 Å². The van der Waals surface area contributed by atoms with Crippen molar-refractivity contribution in [2.45, 2.75) is 26.9 Å². The molecule has 0 saturated carbocycles. The zero-order valence-electron chi connectivity index (χ0n) is 6.68. The standard InChI is InChI=1S/C8H14O2/c1-8(2,3)7(10)5-4-6-9/h7,9-10H,6H2,1-3H3/t7-/m1/s1. The number of rotatable bonds is 0. The molecule has 0 radical (unpaired) electrons. The monoisotopic (exact) mass is 142 g/mol. The molecular weight excluding hydrogens is 128 g/mol. The SMILES string of the molecule is CC(C)(C)[C@H](O)C#CCO. The highest BCUT2D eigenvalue weighted by atomic mass is 16.3. The normalized spacial score (nSPS) is 13.7. The Balaban J connectivity index is 3.97. The zero-order valence-corrected chi connectivity index (χ0v) is 6.68. The minimum Gasteiger partial charge on any atom is -0.384 e. The van der Waals surface area contributed by atoms with E-state index >= 15 is 0 Å². The Hall–Kier alpha value is -0.520. The van der Waals surface area contributed by atoms with Gasteiger partial charge in [0.2, 0.25) is 0 Å². The third-order valence-electron chi connectivity index (χ3n) is 1.14. The molecule has 0 saturated heterocycles. The van der Waals surface area contributed by atoms with Gasteiger partial charge < -0.3 is 10.2 Å². The summed E-state index contributed by atoms with van der Waals surface area (Å²) in [6, 6.07) is 0. The van der Waals surface area contributed by atoms with Crippen LogP contribution in [0.15, 0.2) is 0 Å². The van der Waals surface area contributed by atoms with Crippen molar-refractivity contribution in [3.05, 3.63) is 0 Å². The van der Waals surface area contributed by atoms with Gasteiger partial charge in [-0.25, -0.2) is 0 Å². The first-order valence-electron chi connectivity index (χ1n) is 3.26. The zero-order chi connectivity index (χ0) is 8.20. The Labute approximate surface area is 61.9 Å². The van der Waals surface area contributed by atoms with E-state index < -0.39 is 6.10 Å². The van der Waals surface area contributed by atoms with E-state index in [1.165, 1.54) is 0 Å².